The zero-order valence-corrected chi connectivity index (χ0v) is 20.5. The summed E-state index contributed by atoms with van der Waals surface area (Å²) in [5.41, 5.74) is 3.58. The Morgan fingerprint density at radius 2 is 1.56 bits per heavy atom. The zero-order valence-electron chi connectivity index (χ0n) is 20.5. The average molecular weight is 484 g/mol. The van der Waals surface area contributed by atoms with Gasteiger partial charge in [0.25, 0.3) is 11.8 Å². The number of carboxylic acids is 1. The number of carbonyl (C=O) groups is 3. The lowest BCUT2D eigenvalue weighted by molar-refractivity contribution is -0.139. The van der Waals surface area contributed by atoms with E-state index in [0.29, 0.717) is 5.69 Å². The van der Waals surface area contributed by atoms with Gasteiger partial charge in [0.1, 0.15) is 11.7 Å². The van der Waals surface area contributed by atoms with Gasteiger partial charge < -0.3 is 20.7 Å². The molecule has 0 spiro atoms. The quantitative estimate of drug-likeness (QED) is 0.291. The number of para-hydroxylation sites is 2. The first-order valence-corrected chi connectivity index (χ1v) is 11.7. The molecule has 36 heavy (non-hydrogen) atoms. The molecule has 1 atom stereocenters. The summed E-state index contributed by atoms with van der Waals surface area (Å²) < 4.78 is 0. The van der Waals surface area contributed by atoms with Crippen molar-refractivity contribution >= 4 is 34.4 Å². The molecule has 0 saturated carbocycles. The van der Waals surface area contributed by atoms with Gasteiger partial charge in [-0.2, -0.15) is 0 Å². The Labute approximate surface area is 209 Å². The van der Waals surface area contributed by atoms with Crippen molar-refractivity contribution in [2.75, 3.05) is 5.32 Å². The maximum absolute atomic E-state index is 13.1. The van der Waals surface area contributed by atoms with Gasteiger partial charge in [0.2, 0.25) is 0 Å². The average Bonchev–Trinajstić information content (AvgIpc) is 3.28. The van der Waals surface area contributed by atoms with Crippen LogP contribution in [0.3, 0.4) is 0 Å². The van der Waals surface area contributed by atoms with E-state index < -0.39 is 23.8 Å². The molecule has 184 valence electrons. The summed E-state index contributed by atoms with van der Waals surface area (Å²) >= 11 is 0. The second kappa shape index (κ2) is 10.1. The van der Waals surface area contributed by atoms with Crippen LogP contribution in [0.5, 0.6) is 0 Å². The molecule has 0 fully saturated rings. The number of benzene rings is 3. The van der Waals surface area contributed by atoms with E-state index in [1.165, 1.54) is 0 Å². The maximum Gasteiger partial charge on any atom is 0.326 e. The van der Waals surface area contributed by atoms with Crippen molar-refractivity contribution in [1.29, 1.82) is 0 Å². The number of fused-ring (bicyclic) bond motifs is 1. The van der Waals surface area contributed by atoms with Crippen LogP contribution in [0.1, 0.15) is 52.7 Å². The van der Waals surface area contributed by atoms with Crippen LogP contribution in [0, 0.1) is 0 Å². The summed E-state index contributed by atoms with van der Waals surface area (Å²) in [6.45, 7) is 6.32. The number of aliphatic carboxylic acids is 1. The third kappa shape index (κ3) is 5.63. The van der Waals surface area contributed by atoms with Gasteiger partial charge in [-0.05, 0) is 40.8 Å². The van der Waals surface area contributed by atoms with E-state index in [1.54, 1.807) is 30.3 Å². The van der Waals surface area contributed by atoms with Crippen LogP contribution in [-0.4, -0.2) is 33.9 Å². The molecule has 0 aliphatic carbocycles. The second-order valence-corrected chi connectivity index (χ2v) is 9.79. The molecule has 3 aromatic carbocycles. The minimum Gasteiger partial charge on any atom is -0.480 e. The lowest BCUT2D eigenvalue weighted by Crippen LogP contribution is -2.42. The first kappa shape index (κ1) is 24.7. The number of rotatable bonds is 7. The number of nitrogens with one attached hydrogen (secondary N) is 3. The van der Waals surface area contributed by atoms with E-state index >= 15 is 0 Å². The number of aromatic nitrogens is 1. The number of H-pyrrole nitrogens is 1. The highest BCUT2D eigenvalue weighted by atomic mass is 16.4. The molecule has 4 rings (SSSR count). The molecule has 0 saturated heterocycles. The lowest BCUT2D eigenvalue weighted by atomic mass is 9.86. The van der Waals surface area contributed by atoms with Gasteiger partial charge in [0.05, 0.1) is 11.3 Å². The molecule has 1 heterocycles. The maximum atomic E-state index is 13.1. The van der Waals surface area contributed by atoms with Crippen molar-refractivity contribution in [1.82, 2.24) is 10.3 Å². The molecule has 0 bridgehead atoms. The van der Waals surface area contributed by atoms with E-state index in [1.807, 2.05) is 48.5 Å². The minimum atomic E-state index is -1.14. The van der Waals surface area contributed by atoms with Crippen molar-refractivity contribution in [3.63, 3.8) is 0 Å². The third-order valence-corrected chi connectivity index (χ3v) is 6.06. The standard InChI is InChI=1S/C29H29N3O4/c1-29(2,3)20-14-12-18(13-15-20)16-25(28(35)36)32-26(33)21-9-5-7-11-23(21)31-27(34)24-17-19-8-4-6-10-22(19)30-24/h4-15,17,25,30H,16H2,1-3H3,(H,31,34)(H,32,33)(H,35,36). The van der Waals surface area contributed by atoms with Gasteiger partial charge >= 0.3 is 5.97 Å². The lowest BCUT2D eigenvalue weighted by Gasteiger charge is -2.20. The fourth-order valence-corrected chi connectivity index (χ4v) is 3.99. The van der Waals surface area contributed by atoms with Crippen molar-refractivity contribution < 1.29 is 19.5 Å². The summed E-state index contributed by atoms with van der Waals surface area (Å²) in [4.78, 5) is 40.9. The molecule has 2 amide bonds. The molecule has 0 aliphatic rings. The Morgan fingerprint density at radius 1 is 0.889 bits per heavy atom. The Morgan fingerprint density at radius 3 is 2.22 bits per heavy atom. The number of aromatic amines is 1. The van der Waals surface area contributed by atoms with Crippen LogP contribution in [0.15, 0.2) is 78.9 Å². The van der Waals surface area contributed by atoms with Crippen LogP contribution in [0.2, 0.25) is 0 Å². The van der Waals surface area contributed by atoms with E-state index in [0.717, 1.165) is 22.0 Å². The number of carbonyl (C=O) groups excluding carboxylic acids is 2. The number of hydrogen-bond donors (Lipinski definition) is 4. The number of amides is 2. The topological polar surface area (TPSA) is 111 Å². The summed E-state index contributed by atoms with van der Waals surface area (Å²) in [7, 11) is 0. The number of anilines is 1. The second-order valence-electron chi connectivity index (χ2n) is 9.79. The summed E-state index contributed by atoms with van der Waals surface area (Å²) in [5.74, 6) is -2.12. The van der Waals surface area contributed by atoms with E-state index in [-0.39, 0.29) is 23.1 Å². The fraction of sp³-hybridized carbons (Fsp3) is 0.207. The van der Waals surface area contributed by atoms with Gasteiger partial charge in [-0.25, -0.2) is 4.79 Å². The fourth-order valence-electron chi connectivity index (χ4n) is 3.99. The molecule has 1 unspecified atom stereocenters. The SMILES string of the molecule is CC(C)(C)c1ccc(CC(NC(=O)c2ccccc2NC(=O)c2cc3ccccc3[nH]2)C(=O)O)cc1. The van der Waals surface area contributed by atoms with Gasteiger partial charge in [-0.15, -0.1) is 0 Å². The highest BCUT2D eigenvalue weighted by molar-refractivity contribution is 6.10. The van der Waals surface area contributed by atoms with Crippen molar-refractivity contribution in [2.24, 2.45) is 0 Å². The Bertz CT molecular complexity index is 1380. The van der Waals surface area contributed by atoms with Crippen LogP contribution in [0.4, 0.5) is 5.69 Å². The minimum absolute atomic E-state index is 0.0139. The van der Waals surface area contributed by atoms with Crippen LogP contribution in [0.25, 0.3) is 10.9 Å². The van der Waals surface area contributed by atoms with Crippen molar-refractivity contribution in [3.8, 4) is 0 Å². The summed E-state index contributed by atoms with van der Waals surface area (Å²) in [5, 5.41) is 16.0. The van der Waals surface area contributed by atoms with E-state index in [4.69, 9.17) is 0 Å². The molecule has 7 heteroatoms. The van der Waals surface area contributed by atoms with E-state index in [9.17, 15) is 19.5 Å². The van der Waals surface area contributed by atoms with Crippen molar-refractivity contribution in [3.05, 3.63) is 101 Å². The monoisotopic (exact) mass is 483 g/mol. The summed E-state index contributed by atoms with van der Waals surface area (Å²) in [6.07, 6.45) is 0.134. The smallest absolute Gasteiger partial charge is 0.326 e. The van der Waals surface area contributed by atoms with Gasteiger partial charge in [0, 0.05) is 17.3 Å². The van der Waals surface area contributed by atoms with Gasteiger partial charge in [-0.3, -0.25) is 9.59 Å². The van der Waals surface area contributed by atoms with Crippen LogP contribution < -0.4 is 10.6 Å². The predicted molar refractivity (Wildman–Crippen MR) is 140 cm³/mol. The molecule has 7 nitrogen and oxygen atoms in total. The van der Waals surface area contributed by atoms with Crippen LogP contribution >= 0.6 is 0 Å². The highest BCUT2D eigenvalue weighted by Gasteiger charge is 2.24. The first-order chi connectivity index (χ1) is 17.1. The molecule has 4 aromatic rings. The Kier molecular flexibility index (Phi) is 6.92. The molecule has 4 N–H and O–H groups in total. The van der Waals surface area contributed by atoms with Gasteiger partial charge in [0.15, 0.2) is 0 Å². The third-order valence-electron chi connectivity index (χ3n) is 6.06. The largest absolute Gasteiger partial charge is 0.480 e. The number of hydrogen-bond acceptors (Lipinski definition) is 3. The molecule has 0 radical (unpaired) electrons. The Hall–Kier alpha value is -4.39. The highest BCUT2D eigenvalue weighted by Crippen LogP contribution is 2.23. The van der Waals surface area contributed by atoms with Crippen LogP contribution in [-0.2, 0) is 16.6 Å². The normalized spacial score (nSPS) is 12.2. The zero-order chi connectivity index (χ0) is 25.9. The van der Waals surface area contributed by atoms with Gasteiger partial charge in [-0.1, -0.05) is 75.4 Å². The van der Waals surface area contributed by atoms with Crippen molar-refractivity contribution in [2.45, 2.75) is 38.6 Å². The summed E-state index contributed by atoms with van der Waals surface area (Å²) in [6, 6.07) is 22.4. The molecule has 1 aromatic heterocycles. The first-order valence-electron chi connectivity index (χ1n) is 11.7. The molecule has 0 aliphatic heterocycles. The predicted octanol–water partition coefficient (Wildman–Crippen LogP) is 5.14. The molecular formula is C29H29N3O4. The number of carboxylic acid groups (broad SMARTS) is 1. The molecular weight excluding hydrogens is 454 g/mol. The Balaban J connectivity index is 1.49. The van der Waals surface area contributed by atoms with E-state index in [2.05, 4.69) is 36.4 Å².